The van der Waals surface area contributed by atoms with E-state index in [2.05, 4.69) is 161 Å². The van der Waals surface area contributed by atoms with Gasteiger partial charge in [0.25, 0.3) is 0 Å². The largest absolute Gasteiger partial charge is 0.309 e. The fourth-order valence-electron chi connectivity index (χ4n) is 9.04. The molecular weight excluding hydrogens is 695 g/mol. The molecule has 0 radical (unpaired) electrons. The predicted octanol–water partition coefficient (Wildman–Crippen LogP) is 12.6. The summed E-state index contributed by atoms with van der Waals surface area (Å²) >= 11 is 0. The van der Waals surface area contributed by atoms with Crippen LogP contribution in [0.3, 0.4) is 0 Å². The monoisotopic (exact) mass is 727 g/mol. The highest BCUT2D eigenvalue weighted by molar-refractivity contribution is 6.19. The third-order valence-corrected chi connectivity index (χ3v) is 11.6. The zero-order valence-electron chi connectivity index (χ0n) is 30.8. The maximum atomic E-state index is 5.15. The highest BCUT2D eigenvalue weighted by Crippen LogP contribution is 2.45. The van der Waals surface area contributed by atoms with Crippen molar-refractivity contribution >= 4 is 43.6 Å². The van der Waals surface area contributed by atoms with Gasteiger partial charge >= 0.3 is 0 Å². The van der Waals surface area contributed by atoms with E-state index in [-0.39, 0.29) is 0 Å². The van der Waals surface area contributed by atoms with Gasteiger partial charge in [0.1, 0.15) is 0 Å². The number of benzene rings is 8. The normalized spacial score (nSPS) is 12.1. The third-order valence-electron chi connectivity index (χ3n) is 11.6. The van der Waals surface area contributed by atoms with Gasteiger partial charge in [-0.05, 0) is 77.2 Å². The summed E-state index contributed by atoms with van der Waals surface area (Å²) in [6.07, 6.45) is 0.855. The summed E-state index contributed by atoms with van der Waals surface area (Å²) < 4.78 is 4.85. The van der Waals surface area contributed by atoms with Crippen LogP contribution < -0.4 is 0 Å². The molecule has 0 saturated heterocycles. The van der Waals surface area contributed by atoms with E-state index in [0.717, 1.165) is 34.5 Å². The van der Waals surface area contributed by atoms with Crippen LogP contribution in [0.1, 0.15) is 11.1 Å². The number of rotatable bonds is 5. The molecule has 12 rings (SSSR count). The van der Waals surface area contributed by atoms with Crippen molar-refractivity contribution < 1.29 is 0 Å². The number of hydrogen-bond donors (Lipinski definition) is 0. The lowest BCUT2D eigenvalue weighted by Gasteiger charge is -2.14. The Bertz CT molecular complexity index is 3300. The van der Waals surface area contributed by atoms with Gasteiger partial charge in [-0.2, -0.15) is 0 Å². The molecule has 0 N–H and O–H groups in total. The summed E-state index contributed by atoms with van der Waals surface area (Å²) in [6.45, 7) is 0. The first-order valence-corrected chi connectivity index (χ1v) is 19.4. The van der Waals surface area contributed by atoms with Gasteiger partial charge in [-0.25, -0.2) is 15.0 Å². The molecule has 5 heteroatoms. The fraction of sp³-hybridized carbons (Fsp3) is 0.0192. The number of nitrogens with zero attached hydrogens (tertiary/aromatic N) is 5. The van der Waals surface area contributed by atoms with Crippen molar-refractivity contribution in [3.63, 3.8) is 0 Å². The Morgan fingerprint density at radius 3 is 1.47 bits per heavy atom. The number of aromatic nitrogens is 5. The zero-order chi connectivity index (χ0) is 37.5. The van der Waals surface area contributed by atoms with Crippen LogP contribution in [0, 0.1) is 0 Å². The summed E-state index contributed by atoms with van der Waals surface area (Å²) in [5.74, 6) is 2.00. The quantitative estimate of drug-likeness (QED) is 0.177. The van der Waals surface area contributed by atoms with Gasteiger partial charge in [-0.15, -0.1) is 0 Å². The Morgan fingerprint density at radius 2 is 0.860 bits per heavy atom. The summed E-state index contributed by atoms with van der Waals surface area (Å²) in [5, 5.41) is 4.93. The standard InChI is InChI=1S/C52H33N5/c1-4-15-33(16-5-1)50-53-51(34-17-6-2-7-18-34)55-52(54-50)41-24-14-19-36-29-35-27-28-38(30-42(35)49(36)41)57-46-26-13-11-23-40(46)44-31-47-43(32-48(44)57)39-22-10-12-25-45(39)56(47)37-20-8-3-9-21-37/h1-28,30-32H,29H2. The van der Waals surface area contributed by atoms with E-state index in [4.69, 9.17) is 15.0 Å². The number of hydrogen-bond acceptors (Lipinski definition) is 3. The van der Waals surface area contributed by atoms with Crippen molar-refractivity contribution in [2.24, 2.45) is 0 Å². The average Bonchev–Trinajstić information content (AvgIpc) is 3.93. The van der Waals surface area contributed by atoms with E-state index < -0.39 is 0 Å². The van der Waals surface area contributed by atoms with Crippen LogP contribution in [0.25, 0.3) is 100 Å². The maximum absolute atomic E-state index is 5.15. The molecule has 0 atom stereocenters. The molecule has 266 valence electrons. The SMILES string of the molecule is c1ccc(-c2nc(-c3ccccc3)nc(-c3cccc4c3-c3cc(-n5c6ccccc6c6cc7c(cc65)c5ccccc5n7-c5ccccc5)ccc3C4)n2)cc1. The van der Waals surface area contributed by atoms with Crippen molar-refractivity contribution in [3.8, 4) is 56.7 Å². The van der Waals surface area contributed by atoms with Gasteiger partial charge in [0, 0.05) is 49.6 Å². The van der Waals surface area contributed by atoms with Crippen molar-refractivity contribution in [1.82, 2.24) is 24.1 Å². The molecule has 0 bridgehead atoms. The first-order valence-electron chi connectivity index (χ1n) is 19.4. The van der Waals surface area contributed by atoms with Crippen LogP contribution in [-0.4, -0.2) is 24.1 Å². The minimum atomic E-state index is 0.661. The van der Waals surface area contributed by atoms with E-state index in [1.54, 1.807) is 0 Å². The Morgan fingerprint density at radius 1 is 0.333 bits per heavy atom. The third kappa shape index (κ3) is 4.92. The van der Waals surface area contributed by atoms with Crippen LogP contribution in [0.2, 0.25) is 0 Å². The molecule has 0 saturated carbocycles. The van der Waals surface area contributed by atoms with Gasteiger partial charge < -0.3 is 9.13 Å². The Labute approximate surface area is 328 Å². The molecule has 0 fully saturated rings. The molecule has 3 aromatic heterocycles. The van der Waals surface area contributed by atoms with E-state index in [0.29, 0.717) is 17.5 Å². The Balaban J connectivity index is 1.08. The maximum Gasteiger partial charge on any atom is 0.164 e. The van der Waals surface area contributed by atoms with Crippen LogP contribution in [0.5, 0.6) is 0 Å². The minimum Gasteiger partial charge on any atom is -0.309 e. The van der Waals surface area contributed by atoms with Crippen molar-refractivity contribution in [3.05, 3.63) is 199 Å². The highest BCUT2D eigenvalue weighted by atomic mass is 15.0. The Kier molecular flexibility index (Phi) is 6.92. The number of fused-ring (bicyclic) bond motifs is 9. The van der Waals surface area contributed by atoms with Crippen LogP contribution in [-0.2, 0) is 6.42 Å². The highest BCUT2D eigenvalue weighted by Gasteiger charge is 2.26. The molecule has 0 spiro atoms. The zero-order valence-corrected chi connectivity index (χ0v) is 30.8. The van der Waals surface area contributed by atoms with E-state index in [1.165, 1.54) is 65.9 Å². The molecule has 1 aliphatic carbocycles. The first-order chi connectivity index (χ1) is 28.3. The second kappa shape index (κ2) is 12.4. The van der Waals surface area contributed by atoms with E-state index in [1.807, 2.05) is 36.4 Å². The molecule has 11 aromatic rings. The summed E-state index contributed by atoms with van der Waals surface area (Å²) in [7, 11) is 0. The second-order valence-electron chi connectivity index (χ2n) is 14.8. The van der Waals surface area contributed by atoms with Crippen LogP contribution in [0.4, 0.5) is 0 Å². The molecule has 0 aliphatic heterocycles. The average molecular weight is 728 g/mol. The molecule has 57 heavy (non-hydrogen) atoms. The summed E-state index contributed by atoms with van der Waals surface area (Å²) in [5.41, 5.74) is 15.0. The summed E-state index contributed by atoms with van der Waals surface area (Å²) in [6, 6.07) is 67.0. The molecule has 1 aliphatic rings. The van der Waals surface area contributed by atoms with Crippen molar-refractivity contribution in [2.45, 2.75) is 6.42 Å². The smallest absolute Gasteiger partial charge is 0.164 e. The molecule has 8 aromatic carbocycles. The van der Waals surface area contributed by atoms with Crippen LogP contribution >= 0.6 is 0 Å². The van der Waals surface area contributed by atoms with Gasteiger partial charge in [0.2, 0.25) is 0 Å². The lowest BCUT2D eigenvalue weighted by atomic mass is 9.98. The molecule has 3 heterocycles. The van der Waals surface area contributed by atoms with Crippen LogP contribution in [0.15, 0.2) is 188 Å². The van der Waals surface area contributed by atoms with Gasteiger partial charge in [-0.1, -0.05) is 140 Å². The topological polar surface area (TPSA) is 48.5 Å². The Hall–Kier alpha value is -7.63. The molecular formula is C52H33N5. The van der Waals surface area contributed by atoms with Gasteiger partial charge in [-0.3, -0.25) is 0 Å². The van der Waals surface area contributed by atoms with Gasteiger partial charge in [0.05, 0.1) is 22.1 Å². The first kappa shape index (κ1) is 31.7. The molecule has 0 unspecified atom stereocenters. The molecule has 0 amide bonds. The minimum absolute atomic E-state index is 0.661. The fourth-order valence-corrected chi connectivity index (χ4v) is 9.04. The molecule has 5 nitrogen and oxygen atoms in total. The van der Waals surface area contributed by atoms with Crippen molar-refractivity contribution in [1.29, 1.82) is 0 Å². The number of para-hydroxylation sites is 3. The summed E-state index contributed by atoms with van der Waals surface area (Å²) in [4.78, 5) is 15.3. The van der Waals surface area contributed by atoms with Gasteiger partial charge in [0.15, 0.2) is 17.5 Å². The lowest BCUT2D eigenvalue weighted by Crippen LogP contribution is -2.01. The second-order valence-corrected chi connectivity index (χ2v) is 14.8. The lowest BCUT2D eigenvalue weighted by molar-refractivity contribution is 1.07. The predicted molar refractivity (Wildman–Crippen MR) is 233 cm³/mol. The van der Waals surface area contributed by atoms with E-state index >= 15 is 0 Å². The van der Waals surface area contributed by atoms with E-state index in [9.17, 15) is 0 Å². The van der Waals surface area contributed by atoms with Crippen molar-refractivity contribution in [2.75, 3.05) is 0 Å².